The Bertz CT molecular complexity index is 443. The highest BCUT2D eigenvalue weighted by molar-refractivity contribution is 5.78. The van der Waals surface area contributed by atoms with Crippen molar-refractivity contribution in [2.24, 2.45) is 0 Å². The molecule has 1 fully saturated rings. The number of carbonyl (C=O) groups is 1. The molecule has 0 spiro atoms. The molecular weight excluding hydrogens is 210 g/mol. The van der Waals surface area contributed by atoms with Gasteiger partial charge in [-0.05, 0) is 35.4 Å². The third-order valence-electron chi connectivity index (χ3n) is 3.52. The van der Waals surface area contributed by atoms with E-state index in [9.17, 15) is 4.79 Å². The van der Waals surface area contributed by atoms with Gasteiger partial charge in [0.25, 0.3) is 0 Å². The van der Waals surface area contributed by atoms with E-state index in [1.807, 2.05) is 0 Å². The normalized spacial score (nSPS) is 20.5. The van der Waals surface area contributed by atoms with E-state index in [0.29, 0.717) is 6.42 Å². The zero-order valence-electron chi connectivity index (χ0n) is 11.1. The summed E-state index contributed by atoms with van der Waals surface area (Å²) in [4.78, 5) is 11.3. The molecule has 2 heteroatoms. The van der Waals surface area contributed by atoms with Crippen molar-refractivity contribution in [3.05, 3.63) is 34.9 Å². The maximum Gasteiger partial charge on any atom is 0.220 e. The highest BCUT2D eigenvalue weighted by Gasteiger charge is 2.25. The Kier molecular flexibility index (Phi) is 2.98. The fourth-order valence-corrected chi connectivity index (χ4v) is 2.33. The molecule has 1 saturated heterocycles. The van der Waals surface area contributed by atoms with Gasteiger partial charge in [-0.1, -0.05) is 39.0 Å². The maximum atomic E-state index is 11.3. The minimum absolute atomic E-state index is 0.158. The molecule has 1 heterocycles. The molecule has 1 aromatic carbocycles. The average Bonchev–Trinajstić information content (AvgIpc) is 2.63. The summed E-state index contributed by atoms with van der Waals surface area (Å²) in [6, 6.07) is 6.83. The van der Waals surface area contributed by atoms with Gasteiger partial charge < -0.3 is 5.32 Å². The largest absolute Gasteiger partial charge is 0.349 e. The highest BCUT2D eigenvalue weighted by Crippen LogP contribution is 2.31. The van der Waals surface area contributed by atoms with Crippen molar-refractivity contribution < 1.29 is 4.79 Å². The molecule has 0 bridgehead atoms. The van der Waals surface area contributed by atoms with Crippen molar-refractivity contribution in [2.45, 2.75) is 52.0 Å². The van der Waals surface area contributed by atoms with Crippen molar-refractivity contribution >= 4 is 5.91 Å². The third kappa shape index (κ3) is 2.51. The lowest BCUT2D eigenvalue weighted by atomic mass is 9.84. The summed E-state index contributed by atoms with van der Waals surface area (Å²) in [6.07, 6.45) is 1.58. The van der Waals surface area contributed by atoms with Gasteiger partial charge in [0.15, 0.2) is 0 Å². The fraction of sp³-hybridized carbons (Fsp3) is 0.533. The van der Waals surface area contributed by atoms with Crippen LogP contribution in [0.25, 0.3) is 0 Å². The summed E-state index contributed by atoms with van der Waals surface area (Å²) < 4.78 is 0. The lowest BCUT2D eigenvalue weighted by molar-refractivity contribution is -0.119. The van der Waals surface area contributed by atoms with E-state index in [-0.39, 0.29) is 17.4 Å². The molecule has 0 radical (unpaired) electrons. The van der Waals surface area contributed by atoms with Gasteiger partial charge in [-0.15, -0.1) is 0 Å². The first-order valence-electron chi connectivity index (χ1n) is 6.28. The molecule has 0 saturated carbocycles. The molecule has 1 N–H and O–H groups in total. The Hall–Kier alpha value is -1.31. The van der Waals surface area contributed by atoms with Gasteiger partial charge >= 0.3 is 0 Å². The smallest absolute Gasteiger partial charge is 0.220 e. The lowest BCUT2D eigenvalue weighted by Gasteiger charge is -2.22. The SMILES string of the molecule is Cc1ccc(C(C)(C)C)cc1C1CCC(=O)N1. The monoisotopic (exact) mass is 231 g/mol. The zero-order chi connectivity index (χ0) is 12.6. The zero-order valence-corrected chi connectivity index (χ0v) is 11.1. The molecule has 0 aliphatic carbocycles. The Labute approximate surface area is 103 Å². The predicted molar refractivity (Wildman–Crippen MR) is 70.0 cm³/mol. The number of nitrogens with one attached hydrogen (secondary N) is 1. The van der Waals surface area contributed by atoms with E-state index in [0.717, 1.165) is 6.42 Å². The van der Waals surface area contributed by atoms with E-state index < -0.39 is 0 Å². The van der Waals surface area contributed by atoms with Gasteiger partial charge in [-0.25, -0.2) is 0 Å². The fourth-order valence-electron chi connectivity index (χ4n) is 2.33. The number of benzene rings is 1. The van der Waals surface area contributed by atoms with Crippen LogP contribution in [-0.4, -0.2) is 5.91 Å². The van der Waals surface area contributed by atoms with Crippen LogP contribution in [-0.2, 0) is 10.2 Å². The molecule has 1 aliphatic rings. The molecule has 17 heavy (non-hydrogen) atoms. The van der Waals surface area contributed by atoms with Gasteiger partial charge in [-0.3, -0.25) is 4.79 Å². The van der Waals surface area contributed by atoms with Crippen molar-refractivity contribution in [3.8, 4) is 0 Å². The minimum atomic E-state index is 0.158. The number of hydrogen-bond donors (Lipinski definition) is 1. The summed E-state index contributed by atoms with van der Waals surface area (Å²) in [5, 5.41) is 3.05. The number of carbonyl (C=O) groups excluding carboxylic acids is 1. The molecule has 1 amide bonds. The van der Waals surface area contributed by atoms with Crippen LogP contribution in [0, 0.1) is 6.92 Å². The van der Waals surface area contributed by atoms with Gasteiger partial charge in [0.2, 0.25) is 5.91 Å². The second-order valence-electron chi connectivity index (χ2n) is 5.98. The second-order valence-corrected chi connectivity index (χ2v) is 5.98. The number of amides is 1. The summed E-state index contributed by atoms with van der Waals surface area (Å²) >= 11 is 0. The van der Waals surface area contributed by atoms with Crippen LogP contribution >= 0.6 is 0 Å². The van der Waals surface area contributed by atoms with Gasteiger partial charge in [0.05, 0.1) is 6.04 Å². The summed E-state index contributed by atoms with van der Waals surface area (Å²) in [5.74, 6) is 0.176. The van der Waals surface area contributed by atoms with E-state index in [1.54, 1.807) is 0 Å². The summed E-state index contributed by atoms with van der Waals surface area (Å²) in [6.45, 7) is 8.77. The number of hydrogen-bond acceptors (Lipinski definition) is 1. The van der Waals surface area contributed by atoms with Gasteiger partial charge in [0.1, 0.15) is 0 Å². The van der Waals surface area contributed by atoms with E-state index in [1.165, 1.54) is 16.7 Å². The van der Waals surface area contributed by atoms with Crippen molar-refractivity contribution in [1.82, 2.24) is 5.32 Å². The molecule has 1 aliphatic heterocycles. The Morgan fingerprint density at radius 1 is 1.29 bits per heavy atom. The topological polar surface area (TPSA) is 29.1 Å². The molecule has 1 aromatic rings. The molecular formula is C15H21NO. The summed E-state index contributed by atoms with van der Waals surface area (Å²) in [5.41, 5.74) is 4.04. The molecule has 2 nitrogen and oxygen atoms in total. The Balaban J connectivity index is 2.36. The average molecular weight is 231 g/mol. The number of aryl methyl sites for hydroxylation is 1. The molecule has 1 unspecified atom stereocenters. The number of rotatable bonds is 1. The van der Waals surface area contributed by atoms with Gasteiger partial charge in [-0.2, -0.15) is 0 Å². The van der Waals surface area contributed by atoms with Gasteiger partial charge in [0, 0.05) is 6.42 Å². The minimum Gasteiger partial charge on any atom is -0.349 e. The van der Waals surface area contributed by atoms with Crippen LogP contribution in [0.4, 0.5) is 0 Å². The Morgan fingerprint density at radius 3 is 2.53 bits per heavy atom. The standard InChI is InChI=1S/C15H21NO/c1-10-5-6-11(15(2,3)4)9-12(10)13-7-8-14(17)16-13/h5-6,9,13H,7-8H2,1-4H3,(H,16,17). The second kappa shape index (κ2) is 4.17. The quantitative estimate of drug-likeness (QED) is 0.790. The van der Waals surface area contributed by atoms with Crippen LogP contribution in [0.15, 0.2) is 18.2 Å². The predicted octanol–water partition coefficient (Wildman–Crippen LogP) is 3.24. The van der Waals surface area contributed by atoms with E-state index in [2.05, 4.69) is 51.2 Å². The van der Waals surface area contributed by atoms with Crippen LogP contribution in [0.2, 0.25) is 0 Å². The van der Waals surface area contributed by atoms with E-state index >= 15 is 0 Å². The van der Waals surface area contributed by atoms with E-state index in [4.69, 9.17) is 0 Å². The first-order valence-corrected chi connectivity index (χ1v) is 6.28. The first kappa shape index (κ1) is 12.2. The molecule has 2 rings (SSSR count). The lowest BCUT2D eigenvalue weighted by Crippen LogP contribution is -2.20. The maximum absolute atomic E-state index is 11.3. The van der Waals surface area contributed by atoms with Crippen molar-refractivity contribution in [1.29, 1.82) is 0 Å². The highest BCUT2D eigenvalue weighted by atomic mass is 16.1. The van der Waals surface area contributed by atoms with Crippen molar-refractivity contribution in [3.63, 3.8) is 0 Å². The molecule has 1 atom stereocenters. The molecule has 92 valence electrons. The van der Waals surface area contributed by atoms with Crippen LogP contribution in [0.5, 0.6) is 0 Å². The van der Waals surface area contributed by atoms with Crippen LogP contribution in [0.3, 0.4) is 0 Å². The first-order chi connectivity index (χ1) is 7.88. The van der Waals surface area contributed by atoms with Crippen LogP contribution < -0.4 is 5.32 Å². The Morgan fingerprint density at radius 2 is 2.00 bits per heavy atom. The third-order valence-corrected chi connectivity index (χ3v) is 3.52. The molecule has 0 aromatic heterocycles. The van der Waals surface area contributed by atoms with Crippen molar-refractivity contribution in [2.75, 3.05) is 0 Å². The van der Waals surface area contributed by atoms with Crippen LogP contribution in [0.1, 0.15) is 56.3 Å². The summed E-state index contributed by atoms with van der Waals surface area (Å²) in [7, 11) is 0.